The molecule has 4 rings (SSSR count). The van der Waals surface area contributed by atoms with Gasteiger partial charge in [-0.3, -0.25) is 9.69 Å². The Hall–Kier alpha value is -1.35. The van der Waals surface area contributed by atoms with Crippen LogP contribution >= 0.6 is 0 Å². The van der Waals surface area contributed by atoms with Crippen LogP contribution in [0, 0.1) is 5.41 Å². The van der Waals surface area contributed by atoms with E-state index in [1.807, 2.05) is 12.1 Å². The fraction of sp³-hybridized carbons (Fsp3) is 0.632. The van der Waals surface area contributed by atoms with E-state index in [0.717, 1.165) is 51.5 Å². The van der Waals surface area contributed by atoms with E-state index >= 15 is 0 Å². The summed E-state index contributed by atoms with van der Waals surface area (Å²) in [6.45, 7) is 3.24. The molecule has 1 aromatic carbocycles. The molecule has 3 aliphatic rings. The van der Waals surface area contributed by atoms with Crippen molar-refractivity contribution < 1.29 is 9.90 Å². The first-order valence-electron chi connectivity index (χ1n) is 8.76. The molecule has 0 radical (unpaired) electrons. The van der Waals surface area contributed by atoms with Gasteiger partial charge in [-0.15, -0.1) is 0 Å². The lowest BCUT2D eigenvalue weighted by molar-refractivity contribution is -0.132. The molecular weight excluding hydrogens is 274 g/mol. The summed E-state index contributed by atoms with van der Waals surface area (Å²) in [6.07, 6.45) is 7.10. The highest BCUT2D eigenvalue weighted by atomic mass is 16.3. The van der Waals surface area contributed by atoms with Gasteiger partial charge in [-0.05, 0) is 55.4 Å². The number of nitrogens with zero attached hydrogens (tertiary/aromatic N) is 1. The molecule has 1 saturated carbocycles. The van der Waals surface area contributed by atoms with Crippen LogP contribution in [0.25, 0.3) is 0 Å². The molecule has 1 N–H and O–H groups in total. The van der Waals surface area contributed by atoms with E-state index in [0.29, 0.717) is 23.6 Å². The third kappa shape index (κ3) is 1.88. The molecule has 118 valence electrons. The topological polar surface area (TPSA) is 40.5 Å². The predicted molar refractivity (Wildman–Crippen MR) is 85.9 cm³/mol. The Morgan fingerprint density at radius 1 is 1.32 bits per heavy atom. The quantitative estimate of drug-likeness (QED) is 0.907. The number of Topliss-reactive ketones (excluding diaryl/α,β-unsaturated/α-hetero) is 1. The molecular formula is C19H25NO2. The number of hydrogen-bond donors (Lipinski definition) is 1. The average Bonchev–Trinajstić information content (AvgIpc) is 2.84. The molecule has 3 heteroatoms. The first-order chi connectivity index (χ1) is 10.7. The Morgan fingerprint density at radius 3 is 3.00 bits per heavy atom. The van der Waals surface area contributed by atoms with Crippen LogP contribution in [0.4, 0.5) is 0 Å². The fourth-order valence-corrected chi connectivity index (χ4v) is 5.45. The molecule has 22 heavy (non-hydrogen) atoms. The van der Waals surface area contributed by atoms with Gasteiger partial charge in [0.1, 0.15) is 11.5 Å². The van der Waals surface area contributed by atoms with E-state index in [9.17, 15) is 9.90 Å². The summed E-state index contributed by atoms with van der Waals surface area (Å²) in [5, 5.41) is 9.72. The molecule has 1 aromatic rings. The summed E-state index contributed by atoms with van der Waals surface area (Å²) in [7, 11) is 0. The van der Waals surface area contributed by atoms with E-state index in [4.69, 9.17) is 0 Å². The minimum Gasteiger partial charge on any atom is -0.508 e. The number of rotatable bonds is 2. The summed E-state index contributed by atoms with van der Waals surface area (Å²) >= 11 is 0. The van der Waals surface area contributed by atoms with Gasteiger partial charge < -0.3 is 5.11 Å². The lowest BCUT2D eigenvalue weighted by Gasteiger charge is -2.52. The Kier molecular flexibility index (Phi) is 3.30. The largest absolute Gasteiger partial charge is 0.508 e. The SMILES string of the molecule is CCC[C@]12CC[C@@H]3c4ccc(O)cc4CCN3[C@@H]1CCC2=O. The van der Waals surface area contributed by atoms with Crippen molar-refractivity contribution in [3.63, 3.8) is 0 Å². The monoisotopic (exact) mass is 299 g/mol. The van der Waals surface area contributed by atoms with E-state index < -0.39 is 0 Å². The summed E-state index contributed by atoms with van der Waals surface area (Å²) in [5.41, 5.74) is 2.63. The van der Waals surface area contributed by atoms with Gasteiger partial charge in [-0.25, -0.2) is 0 Å². The van der Waals surface area contributed by atoms with Gasteiger partial charge in [0.05, 0.1) is 0 Å². The smallest absolute Gasteiger partial charge is 0.140 e. The summed E-state index contributed by atoms with van der Waals surface area (Å²) in [4.78, 5) is 15.3. The minimum absolute atomic E-state index is 0.0559. The molecule has 3 atom stereocenters. The number of hydrogen-bond acceptors (Lipinski definition) is 3. The average molecular weight is 299 g/mol. The number of phenolic OH excluding ortho intramolecular Hbond substituents is 1. The minimum atomic E-state index is -0.0559. The zero-order valence-electron chi connectivity index (χ0n) is 13.3. The van der Waals surface area contributed by atoms with Crippen LogP contribution in [0.15, 0.2) is 18.2 Å². The highest BCUT2D eigenvalue weighted by Gasteiger charge is 2.55. The van der Waals surface area contributed by atoms with Crippen molar-refractivity contribution in [3.8, 4) is 5.75 Å². The van der Waals surface area contributed by atoms with Gasteiger partial charge in [0.2, 0.25) is 0 Å². The van der Waals surface area contributed by atoms with Gasteiger partial charge in [-0.2, -0.15) is 0 Å². The second-order valence-corrected chi connectivity index (χ2v) is 7.31. The molecule has 0 amide bonds. The normalized spacial score (nSPS) is 34.1. The Labute approximate surface area is 132 Å². The van der Waals surface area contributed by atoms with E-state index in [1.54, 1.807) is 0 Å². The molecule has 1 saturated heterocycles. The molecule has 2 aliphatic heterocycles. The molecule has 1 aliphatic carbocycles. The highest BCUT2D eigenvalue weighted by molar-refractivity contribution is 5.88. The maximum absolute atomic E-state index is 12.6. The van der Waals surface area contributed by atoms with Crippen molar-refractivity contribution in [1.82, 2.24) is 4.90 Å². The van der Waals surface area contributed by atoms with Crippen LogP contribution in [0.3, 0.4) is 0 Å². The number of ketones is 1. The van der Waals surface area contributed by atoms with Crippen molar-refractivity contribution in [1.29, 1.82) is 0 Å². The Morgan fingerprint density at radius 2 is 2.18 bits per heavy atom. The van der Waals surface area contributed by atoms with Crippen LogP contribution in [-0.2, 0) is 11.2 Å². The standard InChI is InChI=1S/C19H25NO2/c1-2-9-19-10-7-16-15-4-3-14(21)12-13(15)8-11-20(16)17(19)5-6-18(19)22/h3-4,12,16-17,21H,2,5-11H2,1H3/t16-,17-,19+/m1/s1. The lowest BCUT2D eigenvalue weighted by Crippen LogP contribution is -2.54. The zero-order valence-corrected chi connectivity index (χ0v) is 13.3. The molecule has 2 fully saturated rings. The molecule has 2 heterocycles. The number of fused-ring (bicyclic) bond motifs is 5. The third-order valence-corrected chi connectivity index (χ3v) is 6.32. The maximum Gasteiger partial charge on any atom is 0.140 e. The third-order valence-electron chi connectivity index (χ3n) is 6.32. The van der Waals surface area contributed by atoms with Crippen molar-refractivity contribution in [2.24, 2.45) is 5.41 Å². The van der Waals surface area contributed by atoms with E-state index in [1.165, 1.54) is 11.1 Å². The number of aromatic hydroxyl groups is 1. The number of phenols is 1. The lowest BCUT2D eigenvalue weighted by atomic mass is 9.67. The van der Waals surface area contributed by atoms with Crippen LogP contribution in [0.2, 0.25) is 0 Å². The predicted octanol–water partition coefficient (Wildman–Crippen LogP) is 3.60. The first kappa shape index (κ1) is 14.3. The van der Waals surface area contributed by atoms with Crippen molar-refractivity contribution >= 4 is 5.78 Å². The van der Waals surface area contributed by atoms with Crippen LogP contribution < -0.4 is 0 Å². The molecule has 0 aromatic heterocycles. The number of carbonyl (C=O) groups excluding carboxylic acids is 1. The second kappa shape index (κ2) is 5.09. The Balaban J connectivity index is 1.70. The van der Waals surface area contributed by atoms with Gasteiger partial charge in [0.25, 0.3) is 0 Å². The van der Waals surface area contributed by atoms with Gasteiger partial charge in [0.15, 0.2) is 0 Å². The van der Waals surface area contributed by atoms with Gasteiger partial charge in [-0.1, -0.05) is 19.4 Å². The number of benzene rings is 1. The molecule has 0 bridgehead atoms. The summed E-state index contributed by atoms with van der Waals surface area (Å²) in [5.74, 6) is 0.897. The molecule has 3 nitrogen and oxygen atoms in total. The van der Waals surface area contributed by atoms with Gasteiger partial charge in [0, 0.05) is 30.5 Å². The fourth-order valence-electron chi connectivity index (χ4n) is 5.45. The van der Waals surface area contributed by atoms with Crippen molar-refractivity contribution in [3.05, 3.63) is 29.3 Å². The summed E-state index contributed by atoms with van der Waals surface area (Å²) < 4.78 is 0. The van der Waals surface area contributed by atoms with Crippen LogP contribution in [-0.4, -0.2) is 28.4 Å². The van der Waals surface area contributed by atoms with E-state index in [2.05, 4.69) is 17.9 Å². The first-order valence-corrected chi connectivity index (χ1v) is 8.76. The zero-order chi connectivity index (χ0) is 15.3. The summed E-state index contributed by atoms with van der Waals surface area (Å²) in [6, 6.07) is 6.74. The number of carbonyl (C=O) groups is 1. The Bertz CT molecular complexity index is 611. The maximum atomic E-state index is 12.6. The van der Waals surface area contributed by atoms with Crippen LogP contribution in [0.1, 0.15) is 62.6 Å². The number of piperidine rings is 1. The highest BCUT2D eigenvalue weighted by Crippen LogP contribution is 2.54. The second-order valence-electron chi connectivity index (χ2n) is 7.31. The van der Waals surface area contributed by atoms with Gasteiger partial charge >= 0.3 is 0 Å². The van der Waals surface area contributed by atoms with Crippen LogP contribution in [0.5, 0.6) is 5.75 Å². The van der Waals surface area contributed by atoms with Crippen molar-refractivity contribution in [2.75, 3.05) is 6.54 Å². The van der Waals surface area contributed by atoms with Crippen molar-refractivity contribution in [2.45, 2.75) is 64.0 Å². The molecule has 0 unspecified atom stereocenters. The van der Waals surface area contributed by atoms with E-state index in [-0.39, 0.29) is 5.41 Å². The molecule has 0 spiro atoms.